The number of nitrogens with zero attached hydrogens (tertiary/aromatic N) is 1. The zero-order valence-corrected chi connectivity index (χ0v) is 12.0. The lowest BCUT2D eigenvalue weighted by atomic mass is 9.94. The molecule has 1 aromatic carbocycles. The first kappa shape index (κ1) is 14.1. The van der Waals surface area contributed by atoms with Gasteiger partial charge >= 0.3 is 0 Å². The second kappa shape index (κ2) is 6.71. The van der Waals surface area contributed by atoms with Gasteiger partial charge < -0.3 is 10.2 Å². The Morgan fingerprint density at radius 3 is 2.89 bits per heavy atom. The van der Waals surface area contributed by atoms with Gasteiger partial charge in [0.25, 0.3) is 0 Å². The first-order chi connectivity index (χ1) is 9.18. The van der Waals surface area contributed by atoms with Crippen LogP contribution < -0.4 is 10.2 Å². The van der Waals surface area contributed by atoms with Crippen LogP contribution >= 0.6 is 0 Å². The highest BCUT2D eigenvalue weighted by atomic mass is 16.2. The van der Waals surface area contributed by atoms with Crippen molar-refractivity contribution in [3.8, 4) is 0 Å². The molecule has 1 atom stereocenters. The van der Waals surface area contributed by atoms with E-state index in [1.165, 1.54) is 12.8 Å². The topological polar surface area (TPSA) is 32.3 Å². The molecule has 3 nitrogen and oxygen atoms in total. The Hall–Kier alpha value is -1.35. The normalized spacial score (nSPS) is 19.2. The number of carbonyl (C=O) groups is 1. The smallest absolute Gasteiger partial charge is 0.226 e. The molecule has 1 unspecified atom stereocenters. The van der Waals surface area contributed by atoms with Crippen LogP contribution in [0.25, 0.3) is 0 Å². The molecule has 1 saturated heterocycles. The minimum atomic E-state index is 0.222. The van der Waals surface area contributed by atoms with Crippen LogP contribution in [-0.2, 0) is 4.79 Å². The summed E-state index contributed by atoms with van der Waals surface area (Å²) in [6, 6.07) is 8.04. The number of rotatable bonds is 4. The maximum absolute atomic E-state index is 12.2. The van der Waals surface area contributed by atoms with E-state index in [1.807, 2.05) is 38.2 Å². The van der Waals surface area contributed by atoms with E-state index >= 15 is 0 Å². The zero-order chi connectivity index (χ0) is 13.7. The van der Waals surface area contributed by atoms with Crippen molar-refractivity contribution < 1.29 is 4.79 Å². The van der Waals surface area contributed by atoms with Crippen LogP contribution in [0.3, 0.4) is 0 Å². The Morgan fingerprint density at radius 2 is 2.21 bits per heavy atom. The molecular weight excluding hydrogens is 236 g/mol. The maximum Gasteiger partial charge on any atom is 0.226 e. The SMILES string of the molecule is Cc1ccccc1N(C)C(=O)CCC1CCCNC1. The van der Waals surface area contributed by atoms with Gasteiger partial charge in [0.05, 0.1) is 0 Å². The number of piperidine rings is 1. The van der Waals surface area contributed by atoms with Gasteiger partial charge in [-0.05, 0) is 56.8 Å². The molecule has 1 aromatic rings. The third-order valence-corrected chi connectivity index (χ3v) is 4.02. The summed E-state index contributed by atoms with van der Waals surface area (Å²) >= 11 is 0. The Kier molecular flexibility index (Phi) is 4.97. The van der Waals surface area contributed by atoms with Gasteiger partial charge in [0.2, 0.25) is 5.91 Å². The molecule has 1 aliphatic rings. The van der Waals surface area contributed by atoms with Gasteiger partial charge in [-0.15, -0.1) is 0 Å². The second-order valence-corrected chi connectivity index (χ2v) is 5.49. The van der Waals surface area contributed by atoms with Gasteiger partial charge in [-0.3, -0.25) is 4.79 Å². The van der Waals surface area contributed by atoms with Crippen molar-refractivity contribution in [2.75, 3.05) is 25.0 Å². The first-order valence-corrected chi connectivity index (χ1v) is 7.21. The summed E-state index contributed by atoms with van der Waals surface area (Å²) in [5.41, 5.74) is 2.17. The summed E-state index contributed by atoms with van der Waals surface area (Å²) in [6.07, 6.45) is 4.15. The third kappa shape index (κ3) is 3.80. The van der Waals surface area contributed by atoms with Crippen LogP contribution in [-0.4, -0.2) is 26.0 Å². The Balaban J connectivity index is 1.87. The molecule has 0 aliphatic carbocycles. The highest BCUT2D eigenvalue weighted by Crippen LogP contribution is 2.21. The van der Waals surface area contributed by atoms with Crippen molar-refractivity contribution in [1.82, 2.24) is 5.32 Å². The highest BCUT2D eigenvalue weighted by Gasteiger charge is 2.17. The average Bonchev–Trinajstić information content (AvgIpc) is 2.45. The van der Waals surface area contributed by atoms with E-state index in [0.717, 1.165) is 30.8 Å². The zero-order valence-electron chi connectivity index (χ0n) is 12.0. The molecule has 0 bridgehead atoms. The third-order valence-electron chi connectivity index (χ3n) is 4.02. The summed E-state index contributed by atoms with van der Waals surface area (Å²) in [4.78, 5) is 14.0. The number of hydrogen-bond acceptors (Lipinski definition) is 2. The predicted octanol–water partition coefficient (Wildman–Crippen LogP) is 2.74. The number of benzene rings is 1. The van der Waals surface area contributed by atoms with Crippen LogP contribution in [0.15, 0.2) is 24.3 Å². The lowest BCUT2D eigenvalue weighted by Gasteiger charge is -2.24. The van der Waals surface area contributed by atoms with Crippen molar-refractivity contribution in [2.45, 2.75) is 32.6 Å². The molecular formula is C16H24N2O. The molecule has 0 saturated carbocycles. The van der Waals surface area contributed by atoms with E-state index in [2.05, 4.69) is 5.32 Å². The van der Waals surface area contributed by atoms with Crippen LogP contribution in [0.4, 0.5) is 5.69 Å². The van der Waals surface area contributed by atoms with Gasteiger partial charge in [0, 0.05) is 19.2 Å². The summed E-state index contributed by atoms with van der Waals surface area (Å²) < 4.78 is 0. The van der Waals surface area contributed by atoms with Crippen LogP contribution in [0, 0.1) is 12.8 Å². The molecule has 0 aromatic heterocycles. The number of anilines is 1. The molecule has 104 valence electrons. The summed E-state index contributed by atoms with van der Waals surface area (Å²) in [7, 11) is 1.88. The van der Waals surface area contributed by atoms with Crippen LogP contribution in [0.1, 0.15) is 31.2 Å². The number of amides is 1. The molecule has 3 heteroatoms. The van der Waals surface area contributed by atoms with Crippen molar-refractivity contribution >= 4 is 11.6 Å². The Morgan fingerprint density at radius 1 is 1.42 bits per heavy atom. The molecule has 1 fully saturated rings. The van der Waals surface area contributed by atoms with E-state index in [9.17, 15) is 4.79 Å². The monoisotopic (exact) mass is 260 g/mol. The van der Waals surface area contributed by atoms with E-state index in [-0.39, 0.29) is 5.91 Å². The molecule has 1 heterocycles. The summed E-state index contributed by atoms with van der Waals surface area (Å²) in [5, 5.41) is 3.40. The first-order valence-electron chi connectivity index (χ1n) is 7.21. The van der Waals surface area contributed by atoms with Crippen LogP contribution in [0.5, 0.6) is 0 Å². The quantitative estimate of drug-likeness (QED) is 0.903. The lowest BCUT2D eigenvalue weighted by Crippen LogP contribution is -2.32. The minimum Gasteiger partial charge on any atom is -0.316 e. The number of hydrogen-bond donors (Lipinski definition) is 1. The van der Waals surface area contributed by atoms with E-state index in [4.69, 9.17) is 0 Å². The van der Waals surface area contributed by atoms with Gasteiger partial charge in [0.1, 0.15) is 0 Å². The van der Waals surface area contributed by atoms with E-state index in [0.29, 0.717) is 12.3 Å². The standard InChI is InChI=1S/C16H24N2O/c1-13-6-3-4-8-15(13)18(2)16(19)10-9-14-7-5-11-17-12-14/h3-4,6,8,14,17H,5,7,9-12H2,1-2H3. The highest BCUT2D eigenvalue weighted by molar-refractivity contribution is 5.93. The number of aryl methyl sites for hydroxylation is 1. The molecule has 1 N–H and O–H groups in total. The van der Waals surface area contributed by atoms with E-state index < -0.39 is 0 Å². The Bertz CT molecular complexity index is 425. The fourth-order valence-electron chi connectivity index (χ4n) is 2.74. The number of carbonyl (C=O) groups excluding carboxylic acids is 1. The summed E-state index contributed by atoms with van der Waals surface area (Å²) in [6.45, 7) is 4.25. The molecule has 1 amide bonds. The van der Waals surface area contributed by atoms with Gasteiger partial charge in [-0.25, -0.2) is 0 Å². The second-order valence-electron chi connectivity index (χ2n) is 5.49. The van der Waals surface area contributed by atoms with Gasteiger partial charge in [-0.1, -0.05) is 18.2 Å². The largest absolute Gasteiger partial charge is 0.316 e. The molecule has 2 rings (SSSR count). The van der Waals surface area contributed by atoms with Crippen LogP contribution in [0.2, 0.25) is 0 Å². The molecule has 19 heavy (non-hydrogen) atoms. The number of para-hydroxylation sites is 1. The van der Waals surface area contributed by atoms with Gasteiger partial charge in [0.15, 0.2) is 0 Å². The molecule has 0 spiro atoms. The predicted molar refractivity (Wildman–Crippen MR) is 79.4 cm³/mol. The molecule has 0 radical (unpaired) electrons. The van der Waals surface area contributed by atoms with Crippen molar-refractivity contribution in [1.29, 1.82) is 0 Å². The Labute approximate surface area is 116 Å². The minimum absolute atomic E-state index is 0.222. The van der Waals surface area contributed by atoms with Crippen molar-refractivity contribution in [3.05, 3.63) is 29.8 Å². The van der Waals surface area contributed by atoms with Gasteiger partial charge in [-0.2, -0.15) is 0 Å². The van der Waals surface area contributed by atoms with E-state index in [1.54, 1.807) is 4.90 Å². The molecule has 1 aliphatic heterocycles. The van der Waals surface area contributed by atoms with Crippen molar-refractivity contribution in [2.24, 2.45) is 5.92 Å². The van der Waals surface area contributed by atoms with Crippen molar-refractivity contribution in [3.63, 3.8) is 0 Å². The maximum atomic E-state index is 12.2. The summed E-state index contributed by atoms with van der Waals surface area (Å²) in [5.74, 6) is 0.892. The lowest BCUT2D eigenvalue weighted by molar-refractivity contribution is -0.118. The number of nitrogens with one attached hydrogen (secondary N) is 1. The fraction of sp³-hybridized carbons (Fsp3) is 0.562. The average molecular weight is 260 g/mol. The fourth-order valence-corrected chi connectivity index (χ4v) is 2.74.